The fraction of sp³-hybridized carbons (Fsp3) is 0.438. The summed E-state index contributed by atoms with van der Waals surface area (Å²) in [5, 5.41) is 3.94. The molecule has 0 spiro atoms. The number of hydrogen-bond acceptors (Lipinski definition) is 5. The minimum atomic E-state index is -4.77. The fourth-order valence-electron chi connectivity index (χ4n) is 2.78. The van der Waals surface area contributed by atoms with E-state index in [9.17, 15) is 12.5 Å². The van der Waals surface area contributed by atoms with Gasteiger partial charge >= 0.3 is 143 Å². The van der Waals surface area contributed by atoms with Gasteiger partial charge in [-0.25, -0.2) is 0 Å². The third kappa shape index (κ3) is 3.25. The third-order valence-corrected chi connectivity index (χ3v) is 7.69. The van der Waals surface area contributed by atoms with Gasteiger partial charge in [0.2, 0.25) is 0 Å². The summed E-state index contributed by atoms with van der Waals surface area (Å²) in [6.07, 6.45) is 1.16. The minimum absolute atomic E-state index is 0.268. The van der Waals surface area contributed by atoms with Crippen molar-refractivity contribution in [3.05, 3.63) is 35.2 Å². The summed E-state index contributed by atoms with van der Waals surface area (Å²) < 4.78 is 26.9. The van der Waals surface area contributed by atoms with Crippen molar-refractivity contribution in [2.24, 2.45) is 0 Å². The molecule has 0 aliphatic rings. The Morgan fingerprint density at radius 2 is 1.67 bits per heavy atom. The van der Waals surface area contributed by atoms with E-state index < -0.39 is 12.7 Å². The zero-order valence-corrected chi connectivity index (χ0v) is 16.3. The first-order chi connectivity index (χ1) is 11.2. The van der Waals surface area contributed by atoms with Crippen LogP contribution >= 0.6 is 0 Å². The molecule has 0 unspecified atom stereocenters. The molecule has 0 saturated carbocycles. The first-order valence-electron chi connectivity index (χ1n) is 7.76. The zero-order chi connectivity index (χ0) is 18.1. The van der Waals surface area contributed by atoms with Crippen LogP contribution in [-0.4, -0.2) is 51.5 Å². The number of aryl methyl sites for hydroxylation is 3. The molecule has 1 amide bonds. The molecule has 1 heterocycles. The van der Waals surface area contributed by atoms with E-state index in [0.29, 0.717) is 24.2 Å². The number of carbonyl (C=O) groups excluding carboxylic acids is 1. The molecule has 0 N–H and O–H groups in total. The standard InChI is InChI=1S/C16H22N4O3Se/c1-6-19(7-2)16(21)20-10-17-15(18-20)24(22,23)14-12(4)8-11(3)9-13(14)5/h8-10H,6-7H2,1-5H3. The number of benzene rings is 1. The normalized spacial score (nSPS) is 11.5. The van der Waals surface area contributed by atoms with Crippen LogP contribution in [0.2, 0.25) is 0 Å². The predicted molar refractivity (Wildman–Crippen MR) is 90.8 cm³/mol. The first kappa shape index (κ1) is 18.3. The molecule has 0 bridgehead atoms. The predicted octanol–water partition coefficient (Wildman–Crippen LogP) is 0.931. The van der Waals surface area contributed by atoms with Crippen molar-refractivity contribution < 1.29 is 12.5 Å². The van der Waals surface area contributed by atoms with Gasteiger partial charge < -0.3 is 0 Å². The first-order valence-corrected chi connectivity index (χ1v) is 10.9. The number of carbonyl (C=O) groups is 1. The molecule has 0 radical (unpaired) electrons. The van der Waals surface area contributed by atoms with E-state index in [1.807, 2.05) is 32.9 Å². The molecule has 1 aromatic carbocycles. The molecular weight excluding hydrogens is 375 g/mol. The molecule has 0 aliphatic carbocycles. The molecule has 0 saturated heterocycles. The molecule has 1 aromatic heterocycles. The number of amides is 1. The Kier molecular flexibility index (Phi) is 5.20. The summed E-state index contributed by atoms with van der Waals surface area (Å²) in [5.41, 5.74) is 2.34. The maximum atomic E-state index is 12.9. The van der Waals surface area contributed by atoms with Crippen LogP contribution in [0.1, 0.15) is 30.5 Å². The molecule has 0 atom stereocenters. The summed E-state index contributed by atoms with van der Waals surface area (Å²) in [7, 11) is 0. The second kappa shape index (κ2) is 6.83. The molecule has 0 fully saturated rings. The monoisotopic (exact) mass is 398 g/mol. The van der Waals surface area contributed by atoms with Crippen molar-refractivity contribution in [3.8, 4) is 0 Å². The fourth-order valence-corrected chi connectivity index (χ4v) is 5.99. The van der Waals surface area contributed by atoms with E-state index in [2.05, 4.69) is 10.1 Å². The van der Waals surface area contributed by atoms with Crippen LogP contribution in [0.25, 0.3) is 0 Å². The van der Waals surface area contributed by atoms with Crippen LogP contribution < -0.4 is 9.18 Å². The van der Waals surface area contributed by atoms with Crippen molar-refractivity contribution in [1.82, 2.24) is 19.7 Å². The number of rotatable bonds is 4. The van der Waals surface area contributed by atoms with Gasteiger partial charge in [-0.3, -0.25) is 0 Å². The summed E-state index contributed by atoms with van der Waals surface area (Å²) in [6.45, 7) is 10.2. The summed E-state index contributed by atoms with van der Waals surface area (Å²) in [5.74, 6) is 0. The van der Waals surface area contributed by atoms with Gasteiger partial charge in [-0.05, 0) is 0 Å². The molecular formula is C16H22N4O3Se. The van der Waals surface area contributed by atoms with Crippen molar-refractivity contribution in [3.63, 3.8) is 0 Å². The Bertz CT molecular complexity index is 844. The Hall–Kier alpha value is -2.05. The van der Waals surface area contributed by atoms with E-state index in [0.717, 1.165) is 16.6 Å². The molecule has 2 aromatic rings. The van der Waals surface area contributed by atoms with Crippen LogP contribution in [0.15, 0.2) is 18.5 Å². The van der Waals surface area contributed by atoms with Gasteiger partial charge in [-0.2, -0.15) is 0 Å². The second-order valence-corrected chi connectivity index (χ2v) is 9.39. The summed E-state index contributed by atoms with van der Waals surface area (Å²) in [6, 6.07) is 3.26. The van der Waals surface area contributed by atoms with Gasteiger partial charge in [0.05, 0.1) is 0 Å². The van der Waals surface area contributed by atoms with Crippen LogP contribution in [-0.2, 0) is 7.67 Å². The van der Waals surface area contributed by atoms with Gasteiger partial charge in [0.1, 0.15) is 0 Å². The van der Waals surface area contributed by atoms with Gasteiger partial charge in [0, 0.05) is 0 Å². The van der Waals surface area contributed by atoms with Crippen molar-refractivity contribution >= 4 is 27.9 Å². The average Bonchev–Trinajstić information content (AvgIpc) is 2.97. The topological polar surface area (TPSA) is 85.2 Å². The van der Waals surface area contributed by atoms with Crippen LogP contribution in [0, 0.1) is 20.8 Å². The average molecular weight is 397 g/mol. The number of aromatic nitrogens is 3. The quantitative estimate of drug-likeness (QED) is 0.717. The van der Waals surface area contributed by atoms with Crippen molar-refractivity contribution in [2.45, 2.75) is 34.6 Å². The van der Waals surface area contributed by atoms with Gasteiger partial charge in [0.15, 0.2) is 0 Å². The van der Waals surface area contributed by atoms with Crippen LogP contribution in [0.3, 0.4) is 0 Å². The van der Waals surface area contributed by atoms with E-state index in [4.69, 9.17) is 0 Å². The molecule has 130 valence electrons. The van der Waals surface area contributed by atoms with Gasteiger partial charge in [0.25, 0.3) is 0 Å². The maximum absolute atomic E-state index is 12.9. The van der Waals surface area contributed by atoms with Crippen molar-refractivity contribution in [1.29, 1.82) is 0 Å². The van der Waals surface area contributed by atoms with Crippen LogP contribution in [0.4, 0.5) is 4.79 Å². The van der Waals surface area contributed by atoms with E-state index in [1.165, 1.54) is 0 Å². The number of nitrogens with zero attached hydrogens (tertiary/aromatic N) is 4. The summed E-state index contributed by atoms with van der Waals surface area (Å²) in [4.78, 5) is 17.7. The van der Waals surface area contributed by atoms with E-state index in [-0.39, 0.29) is 15.2 Å². The Morgan fingerprint density at radius 3 is 2.17 bits per heavy atom. The Morgan fingerprint density at radius 1 is 1.12 bits per heavy atom. The van der Waals surface area contributed by atoms with Gasteiger partial charge in [-0.15, -0.1) is 0 Å². The molecule has 7 nitrogen and oxygen atoms in total. The Balaban J connectivity index is 2.48. The molecule has 8 heteroatoms. The van der Waals surface area contributed by atoms with Crippen molar-refractivity contribution in [2.75, 3.05) is 13.1 Å². The molecule has 2 rings (SSSR count). The van der Waals surface area contributed by atoms with Gasteiger partial charge in [-0.1, -0.05) is 0 Å². The Labute approximate surface area is 143 Å². The summed E-state index contributed by atoms with van der Waals surface area (Å²) >= 11 is -4.77. The van der Waals surface area contributed by atoms with E-state index in [1.54, 1.807) is 18.7 Å². The number of hydrogen-bond donors (Lipinski definition) is 0. The van der Waals surface area contributed by atoms with E-state index >= 15 is 0 Å². The van der Waals surface area contributed by atoms with Crippen LogP contribution in [0.5, 0.6) is 0 Å². The zero-order valence-electron chi connectivity index (χ0n) is 14.6. The second-order valence-electron chi connectivity index (χ2n) is 5.66. The molecule has 24 heavy (non-hydrogen) atoms. The molecule has 0 aliphatic heterocycles. The third-order valence-electron chi connectivity index (χ3n) is 3.81. The SMILES string of the molecule is CCN(CC)C(=O)n1cnc([Se](=O)(=O)c2c(C)cc(C)cc2C)n1.